The second-order valence-corrected chi connectivity index (χ2v) is 10.4. The second-order valence-electron chi connectivity index (χ2n) is 8.18. The van der Waals surface area contributed by atoms with E-state index in [1.54, 1.807) is 74.5 Å². The van der Waals surface area contributed by atoms with Gasteiger partial charge in [-0.1, -0.05) is 58.3 Å². The molecule has 0 fully saturated rings. The molecule has 0 radical (unpaired) electrons. The summed E-state index contributed by atoms with van der Waals surface area (Å²) in [5.74, 6) is 0.545. The molecule has 3 heterocycles. The van der Waals surface area contributed by atoms with Crippen LogP contribution in [0.25, 0.3) is 17.4 Å². The third-order valence-corrected chi connectivity index (χ3v) is 7.78. The third kappa shape index (κ3) is 4.92. The quantitative estimate of drug-likeness (QED) is 0.274. The molecule has 2 aromatic carbocycles. The van der Waals surface area contributed by atoms with Gasteiger partial charge in [-0.3, -0.25) is 9.36 Å². The first-order valence-corrected chi connectivity index (χ1v) is 13.2. The Hall–Kier alpha value is -3.10. The van der Waals surface area contributed by atoms with Crippen molar-refractivity contribution in [2.75, 3.05) is 6.61 Å². The highest BCUT2D eigenvalue weighted by molar-refractivity contribution is 7.07. The van der Waals surface area contributed by atoms with Gasteiger partial charge >= 0.3 is 5.97 Å². The van der Waals surface area contributed by atoms with Crippen LogP contribution in [0.1, 0.15) is 31.2 Å². The average molecular weight is 574 g/mol. The number of allylic oxidation sites excluding steroid dienone is 1. The number of nitrogens with zero attached hydrogens (tertiary/aromatic N) is 2. The summed E-state index contributed by atoms with van der Waals surface area (Å²) in [7, 11) is 0. The van der Waals surface area contributed by atoms with Crippen molar-refractivity contribution in [2.45, 2.75) is 19.9 Å². The van der Waals surface area contributed by atoms with Crippen molar-refractivity contribution in [3.05, 3.63) is 112 Å². The van der Waals surface area contributed by atoms with Crippen LogP contribution in [0.4, 0.5) is 0 Å². The number of thiazole rings is 1. The summed E-state index contributed by atoms with van der Waals surface area (Å²) in [6.45, 7) is 3.67. The molecule has 1 atom stereocenters. The smallest absolute Gasteiger partial charge is 0.338 e. The number of fused-ring (bicyclic) bond motifs is 1. The van der Waals surface area contributed by atoms with E-state index in [9.17, 15) is 9.59 Å². The van der Waals surface area contributed by atoms with Crippen molar-refractivity contribution in [3.8, 4) is 11.3 Å². The molecule has 5 rings (SSSR count). The first-order valence-electron chi connectivity index (χ1n) is 11.3. The van der Waals surface area contributed by atoms with Gasteiger partial charge in [-0.25, -0.2) is 9.79 Å². The van der Waals surface area contributed by atoms with Crippen molar-refractivity contribution in [1.82, 2.24) is 4.57 Å². The highest BCUT2D eigenvalue weighted by Crippen LogP contribution is 2.32. The lowest BCUT2D eigenvalue weighted by atomic mass is 9.96. The zero-order valence-electron chi connectivity index (χ0n) is 19.6. The SMILES string of the molecule is CCOC(=O)C1=C(C)N=c2s/c(=C/c3ccc(-c4ccc(Cl)c(Cl)c4)o3)c(=O)n2C1c1ccc(Cl)cc1. The molecule has 2 aromatic heterocycles. The maximum Gasteiger partial charge on any atom is 0.338 e. The van der Waals surface area contributed by atoms with Gasteiger partial charge in [0, 0.05) is 16.7 Å². The minimum atomic E-state index is -0.710. The Balaban J connectivity index is 1.62. The van der Waals surface area contributed by atoms with Gasteiger partial charge < -0.3 is 9.15 Å². The summed E-state index contributed by atoms with van der Waals surface area (Å²) in [5.41, 5.74) is 1.97. The van der Waals surface area contributed by atoms with Crippen LogP contribution in [-0.2, 0) is 9.53 Å². The van der Waals surface area contributed by atoms with E-state index in [0.717, 1.165) is 5.56 Å². The molecule has 0 amide bonds. The molecular weight excluding hydrogens is 555 g/mol. The average Bonchev–Trinajstić information content (AvgIpc) is 3.45. The molecule has 1 aliphatic rings. The molecule has 37 heavy (non-hydrogen) atoms. The normalized spacial score (nSPS) is 15.5. The summed E-state index contributed by atoms with van der Waals surface area (Å²) in [6.07, 6.45) is 1.66. The topological polar surface area (TPSA) is 73.8 Å². The van der Waals surface area contributed by atoms with Gasteiger partial charge in [0.2, 0.25) is 0 Å². The third-order valence-electron chi connectivity index (χ3n) is 5.81. The lowest BCUT2D eigenvalue weighted by molar-refractivity contribution is -0.139. The highest BCUT2D eigenvalue weighted by Gasteiger charge is 2.33. The Morgan fingerprint density at radius 3 is 2.57 bits per heavy atom. The number of rotatable bonds is 5. The molecule has 0 saturated heterocycles. The largest absolute Gasteiger partial charge is 0.463 e. The molecular formula is C27H19Cl3N2O4S. The van der Waals surface area contributed by atoms with E-state index in [0.29, 0.717) is 52.8 Å². The monoisotopic (exact) mass is 572 g/mol. The number of carbonyl (C=O) groups is 1. The molecule has 1 aliphatic heterocycles. The number of esters is 1. The Morgan fingerprint density at radius 2 is 1.86 bits per heavy atom. The minimum absolute atomic E-state index is 0.201. The van der Waals surface area contributed by atoms with E-state index in [-0.39, 0.29) is 12.2 Å². The van der Waals surface area contributed by atoms with Gasteiger partial charge in [-0.2, -0.15) is 0 Å². The molecule has 4 aromatic rings. The van der Waals surface area contributed by atoms with Crippen LogP contribution in [0.3, 0.4) is 0 Å². The number of carbonyl (C=O) groups excluding carboxylic acids is 1. The van der Waals surface area contributed by atoms with Gasteiger partial charge in [0.15, 0.2) is 4.80 Å². The standard InChI is InChI=1S/C27H19Cl3N2O4S/c1-3-35-26(34)23-14(2)31-27-32(24(23)15-4-7-17(28)8-5-15)25(33)22(37-27)13-18-9-11-21(36-18)16-6-10-19(29)20(30)12-16/h4-13,24H,3H2,1-2H3/b22-13+. The summed E-state index contributed by atoms with van der Waals surface area (Å²) in [6, 6.07) is 15.1. The van der Waals surface area contributed by atoms with Gasteiger partial charge in [0.05, 0.1) is 38.5 Å². The number of aromatic nitrogens is 1. The number of furan rings is 1. The van der Waals surface area contributed by atoms with E-state index in [4.69, 9.17) is 44.0 Å². The number of halogens is 3. The van der Waals surface area contributed by atoms with Gasteiger partial charge in [0.25, 0.3) is 5.56 Å². The molecule has 1 unspecified atom stereocenters. The first kappa shape index (κ1) is 25.5. The molecule has 0 bridgehead atoms. The summed E-state index contributed by atoms with van der Waals surface area (Å²) < 4.78 is 13.2. The van der Waals surface area contributed by atoms with Crippen LogP contribution >= 0.6 is 46.1 Å². The summed E-state index contributed by atoms with van der Waals surface area (Å²) in [4.78, 5) is 31.7. The van der Waals surface area contributed by atoms with Crippen LogP contribution in [0.15, 0.2) is 80.1 Å². The van der Waals surface area contributed by atoms with Crippen molar-refractivity contribution >= 4 is 58.2 Å². The molecule has 0 N–H and O–H groups in total. The van der Waals surface area contributed by atoms with Gasteiger partial charge in [0.1, 0.15) is 11.5 Å². The Bertz CT molecular complexity index is 1730. The maximum atomic E-state index is 13.7. The second kappa shape index (κ2) is 10.3. The van der Waals surface area contributed by atoms with Crippen LogP contribution < -0.4 is 14.9 Å². The van der Waals surface area contributed by atoms with E-state index < -0.39 is 12.0 Å². The van der Waals surface area contributed by atoms with Crippen LogP contribution in [0, 0.1) is 0 Å². The molecule has 188 valence electrons. The highest BCUT2D eigenvalue weighted by atomic mass is 35.5. The maximum absolute atomic E-state index is 13.7. The fourth-order valence-electron chi connectivity index (χ4n) is 4.12. The van der Waals surface area contributed by atoms with E-state index in [2.05, 4.69) is 4.99 Å². The van der Waals surface area contributed by atoms with Crippen molar-refractivity contribution < 1.29 is 13.9 Å². The van der Waals surface area contributed by atoms with Crippen molar-refractivity contribution in [3.63, 3.8) is 0 Å². The lowest BCUT2D eigenvalue weighted by Gasteiger charge is -2.24. The number of benzene rings is 2. The van der Waals surface area contributed by atoms with Crippen molar-refractivity contribution in [2.24, 2.45) is 4.99 Å². The van der Waals surface area contributed by atoms with E-state index in [1.807, 2.05) is 0 Å². The predicted molar refractivity (Wildman–Crippen MR) is 146 cm³/mol. The molecule has 6 nitrogen and oxygen atoms in total. The number of hydrogen-bond donors (Lipinski definition) is 0. The van der Waals surface area contributed by atoms with Crippen LogP contribution in [0.5, 0.6) is 0 Å². The van der Waals surface area contributed by atoms with Crippen LogP contribution in [0.2, 0.25) is 15.1 Å². The summed E-state index contributed by atoms with van der Waals surface area (Å²) >= 11 is 19.5. The first-order chi connectivity index (χ1) is 17.8. The lowest BCUT2D eigenvalue weighted by Crippen LogP contribution is -2.39. The van der Waals surface area contributed by atoms with Crippen molar-refractivity contribution in [1.29, 1.82) is 0 Å². The Kier molecular flexibility index (Phi) is 7.14. The van der Waals surface area contributed by atoms with E-state index in [1.165, 1.54) is 15.9 Å². The Morgan fingerprint density at radius 1 is 1.11 bits per heavy atom. The number of ether oxygens (including phenoxy) is 1. The summed E-state index contributed by atoms with van der Waals surface area (Å²) in [5, 5.41) is 1.41. The molecule has 0 aliphatic carbocycles. The fraction of sp³-hybridized carbons (Fsp3) is 0.148. The van der Waals surface area contributed by atoms with E-state index >= 15 is 0 Å². The van der Waals surface area contributed by atoms with Crippen LogP contribution in [-0.4, -0.2) is 17.1 Å². The zero-order valence-corrected chi connectivity index (χ0v) is 22.7. The molecule has 10 heteroatoms. The number of hydrogen-bond acceptors (Lipinski definition) is 6. The Labute approximate surface area is 230 Å². The predicted octanol–water partition coefficient (Wildman–Crippen LogP) is 6.02. The molecule has 0 saturated carbocycles. The molecule has 0 spiro atoms. The minimum Gasteiger partial charge on any atom is -0.463 e. The van der Waals surface area contributed by atoms with Gasteiger partial charge in [-0.05, 0) is 61.9 Å². The zero-order chi connectivity index (χ0) is 26.3. The fourth-order valence-corrected chi connectivity index (χ4v) is 5.57. The van der Waals surface area contributed by atoms with Gasteiger partial charge in [-0.15, -0.1) is 0 Å².